The van der Waals surface area contributed by atoms with Crippen LogP contribution in [0.5, 0.6) is 0 Å². The topological polar surface area (TPSA) is 55.1 Å². The molecule has 0 spiro atoms. The first-order valence-corrected chi connectivity index (χ1v) is 8.65. The quantitative estimate of drug-likeness (QED) is 0.734. The Morgan fingerprint density at radius 2 is 1.85 bits per heavy atom. The Labute approximate surface area is 124 Å². The molecule has 0 bridgehead atoms. The largest absolute Gasteiger partial charge is 0.356 e. The molecule has 0 saturated heterocycles. The van der Waals surface area contributed by atoms with Crippen LogP contribution in [0.4, 0.5) is 0 Å². The molecule has 1 amide bonds. The first-order valence-electron chi connectivity index (χ1n) is 8.65. The molecular formula is C17H32N2O. The van der Waals surface area contributed by atoms with Crippen LogP contribution in [-0.4, -0.2) is 19.0 Å². The Hall–Kier alpha value is -0.570. The second-order valence-electron chi connectivity index (χ2n) is 7.22. The van der Waals surface area contributed by atoms with Crippen molar-refractivity contribution in [1.82, 2.24) is 5.32 Å². The fraction of sp³-hybridized carbons (Fsp3) is 0.941. The van der Waals surface area contributed by atoms with Crippen molar-refractivity contribution in [3.05, 3.63) is 0 Å². The Kier molecular flexibility index (Phi) is 5.88. The second kappa shape index (κ2) is 7.44. The minimum absolute atomic E-state index is 0.221. The monoisotopic (exact) mass is 280 g/mol. The van der Waals surface area contributed by atoms with E-state index in [0.717, 1.165) is 50.5 Å². The van der Waals surface area contributed by atoms with Crippen LogP contribution in [0.15, 0.2) is 0 Å². The fourth-order valence-corrected chi connectivity index (χ4v) is 3.92. The van der Waals surface area contributed by atoms with E-state index in [1.54, 1.807) is 0 Å². The molecule has 0 aromatic rings. The van der Waals surface area contributed by atoms with E-state index in [2.05, 4.69) is 12.2 Å². The van der Waals surface area contributed by atoms with E-state index < -0.39 is 0 Å². The zero-order valence-electron chi connectivity index (χ0n) is 13.1. The predicted octanol–water partition coefficient (Wildman–Crippen LogP) is 3.23. The molecule has 0 unspecified atom stereocenters. The summed E-state index contributed by atoms with van der Waals surface area (Å²) in [7, 11) is 0. The number of rotatable bonds is 6. The molecule has 0 atom stereocenters. The zero-order chi connectivity index (χ0) is 14.4. The van der Waals surface area contributed by atoms with Crippen molar-refractivity contribution in [2.75, 3.05) is 13.1 Å². The molecule has 0 radical (unpaired) electrons. The number of nitrogens with one attached hydrogen (secondary N) is 1. The van der Waals surface area contributed by atoms with Crippen LogP contribution >= 0.6 is 0 Å². The van der Waals surface area contributed by atoms with E-state index in [4.69, 9.17) is 5.73 Å². The van der Waals surface area contributed by atoms with Crippen molar-refractivity contribution in [2.45, 2.75) is 71.1 Å². The summed E-state index contributed by atoms with van der Waals surface area (Å²) in [6.07, 6.45) is 12.3. The van der Waals surface area contributed by atoms with E-state index in [1.807, 2.05) is 0 Å². The van der Waals surface area contributed by atoms with Gasteiger partial charge >= 0.3 is 0 Å². The molecule has 0 aromatic carbocycles. The average molecular weight is 280 g/mol. The Bertz CT molecular complexity index is 302. The summed E-state index contributed by atoms with van der Waals surface area (Å²) >= 11 is 0. The molecule has 2 rings (SSSR count). The van der Waals surface area contributed by atoms with Crippen molar-refractivity contribution < 1.29 is 4.79 Å². The van der Waals surface area contributed by atoms with E-state index in [9.17, 15) is 4.79 Å². The number of carbonyl (C=O) groups excluding carboxylic acids is 1. The van der Waals surface area contributed by atoms with Gasteiger partial charge < -0.3 is 11.1 Å². The molecule has 0 aromatic heterocycles. The van der Waals surface area contributed by atoms with Gasteiger partial charge in [-0.25, -0.2) is 0 Å². The summed E-state index contributed by atoms with van der Waals surface area (Å²) in [6, 6.07) is 0. The van der Waals surface area contributed by atoms with Gasteiger partial charge in [-0.1, -0.05) is 32.6 Å². The number of amides is 1. The first kappa shape index (κ1) is 15.8. The van der Waals surface area contributed by atoms with Crippen molar-refractivity contribution in [3.63, 3.8) is 0 Å². The normalized spacial score (nSPS) is 31.4. The van der Waals surface area contributed by atoms with Gasteiger partial charge in [-0.2, -0.15) is 0 Å². The zero-order valence-corrected chi connectivity index (χ0v) is 13.1. The molecule has 3 N–H and O–H groups in total. The molecule has 116 valence electrons. The third-order valence-electron chi connectivity index (χ3n) is 5.65. The maximum atomic E-state index is 12.5. The molecular weight excluding hydrogens is 248 g/mol. The lowest BCUT2D eigenvalue weighted by Crippen LogP contribution is -2.48. The SMILES string of the molecule is CC1CCC(CN)(C(=O)NCCCC2CCCC2)CC1. The van der Waals surface area contributed by atoms with Crippen LogP contribution in [0.2, 0.25) is 0 Å². The third-order valence-corrected chi connectivity index (χ3v) is 5.65. The lowest BCUT2D eigenvalue weighted by Gasteiger charge is -2.37. The summed E-state index contributed by atoms with van der Waals surface area (Å²) in [5.41, 5.74) is 5.66. The lowest BCUT2D eigenvalue weighted by atomic mass is 9.70. The molecule has 20 heavy (non-hydrogen) atoms. The molecule has 2 fully saturated rings. The van der Waals surface area contributed by atoms with Gasteiger partial charge in [0, 0.05) is 13.1 Å². The minimum atomic E-state index is -0.264. The average Bonchev–Trinajstić information content (AvgIpc) is 2.98. The first-order chi connectivity index (χ1) is 9.66. The number of nitrogens with two attached hydrogens (primary N) is 1. The van der Waals surface area contributed by atoms with Crippen LogP contribution < -0.4 is 11.1 Å². The summed E-state index contributed by atoms with van der Waals surface area (Å²) in [4.78, 5) is 12.5. The van der Waals surface area contributed by atoms with E-state index in [1.165, 1.54) is 32.1 Å². The Morgan fingerprint density at radius 3 is 2.45 bits per heavy atom. The molecule has 2 aliphatic rings. The van der Waals surface area contributed by atoms with Crippen molar-refractivity contribution in [3.8, 4) is 0 Å². The predicted molar refractivity (Wildman–Crippen MR) is 83.3 cm³/mol. The molecule has 0 heterocycles. The number of hydrogen-bond donors (Lipinski definition) is 2. The van der Waals surface area contributed by atoms with Gasteiger partial charge in [0.05, 0.1) is 5.41 Å². The van der Waals surface area contributed by atoms with Crippen molar-refractivity contribution in [1.29, 1.82) is 0 Å². The maximum absolute atomic E-state index is 12.5. The number of carbonyl (C=O) groups is 1. The summed E-state index contributed by atoms with van der Waals surface area (Å²) in [6.45, 7) is 3.63. The van der Waals surface area contributed by atoms with Crippen LogP contribution in [0.1, 0.15) is 71.1 Å². The van der Waals surface area contributed by atoms with Gasteiger partial charge in [-0.15, -0.1) is 0 Å². The lowest BCUT2D eigenvalue weighted by molar-refractivity contribution is -0.132. The van der Waals surface area contributed by atoms with Crippen molar-refractivity contribution >= 4 is 5.91 Å². The second-order valence-corrected chi connectivity index (χ2v) is 7.22. The van der Waals surface area contributed by atoms with E-state index in [0.29, 0.717) is 6.54 Å². The Balaban J connectivity index is 1.69. The molecule has 0 aliphatic heterocycles. The van der Waals surface area contributed by atoms with Crippen LogP contribution in [-0.2, 0) is 4.79 Å². The minimum Gasteiger partial charge on any atom is -0.356 e. The highest BCUT2D eigenvalue weighted by molar-refractivity contribution is 5.83. The smallest absolute Gasteiger partial charge is 0.227 e. The van der Waals surface area contributed by atoms with E-state index >= 15 is 0 Å². The number of hydrogen-bond acceptors (Lipinski definition) is 2. The van der Waals surface area contributed by atoms with Crippen molar-refractivity contribution in [2.24, 2.45) is 23.0 Å². The summed E-state index contributed by atoms with van der Waals surface area (Å²) in [5.74, 6) is 1.90. The van der Waals surface area contributed by atoms with Crippen LogP contribution in [0, 0.1) is 17.3 Å². The summed E-state index contributed by atoms with van der Waals surface area (Å²) < 4.78 is 0. The highest BCUT2D eigenvalue weighted by Gasteiger charge is 2.39. The third kappa shape index (κ3) is 3.97. The van der Waals surface area contributed by atoms with Gasteiger partial charge in [-0.05, 0) is 50.4 Å². The van der Waals surface area contributed by atoms with Gasteiger partial charge in [0.2, 0.25) is 5.91 Å². The molecule has 2 aliphatic carbocycles. The maximum Gasteiger partial charge on any atom is 0.227 e. The van der Waals surface area contributed by atoms with Gasteiger partial charge in [-0.3, -0.25) is 4.79 Å². The standard InChI is InChI=1S/C17H32N2O/c1-14-8-10-17(13-18,11-9-14)16(20)19-12-4-7-15-5-2-3-6-15/h14-15H,2-13,18H2,1H3,(H,19,20). The highest BCUT2D eigenvalue weighted by Crippen LogP contribution is 2.38. The van der Waals surface area contributed by atoms with Gasteiger partial charge in [0.1, 0.15) is 0 Å². The Morgan fingerprint density at radius 1 is 1.20 bits per heavy atom. The van der Waals surface area contributed by atoms with Gasteiger partial charge in [0.25, 0.3) is 0 Å². The fourth-order valence-electron chi connectivity index (χ4n) is 3.92. The molecule has 2 saturated carbocycles. The summed E-state index contributed by atoms with van der Waals surface area (Å²) in [5, 5.41) is 3.16. The molecule has 3 heteroatoms. The van der Waals surface area contributed by atoms with E-state index in [-0.39, 0.29) is 11.3 Å². The van der Waals surface area contributed by atoms with Crippen LogP contribution in [0.25, 0.3) is 0 Å². The highest BCUT2D eigenvalue weighted by atomic mass is 16.2. The van der Waals surface area contributed by atoms with Gasteiger partial charge in [0.15, 0.2) is 0 Å². The molecule has 3 nitrogen and oxygen atoms in total. The van der Waals surface area contributed by atoms with Crippen LogP contribution in [0.3, 0.4) is 0 Å².